The van der Waals surface area contributed by atoms with E-state index in [4.69, 9.17) is 31.2 Å². The summed E-state index contributed by atoms with van der Waals surface area (Å²) in [6.07, 6.45) is 11.3. The van der Waals surface area contributed by atoms with E-state index in [2.05, 4.69) is 23.1 Å². The monoisotopic (exact) mass is 522 g/mol. The number of dihydropyridines is 1. The number of aliphatic hydroxyl groups excluding tert-OH is 1. The van der Waals surface area contributed by atoms with Crippen LogP contribution in [-0.4, -0.2) is 66.8 Å². The van der Waals surface area contributed by atoms with Crippen molar-refractivity contribution in [1.82, 2.24) is 4.90 Å². The Kier molecular flexibility index (Phi) is 8.30. The number of piperidine rings is 1. The van der Waals surface area contributed by atoms with Crippen LogP contribution in [0.25, 0.3) is 5.57 Å². The van der Waals surface area contributed by atoms with Crippen molar-refractivity contribution in [3.63, 3.8) is 0 Å². The molecular weight excluding hydrogens is 488 g/mol. The Morgan fingerprint density at radius 3 is 2.76 bits per heavy atom. The number of fused-ring (bicyclic) bond motifs is 2. The van der Waals surface area contributed by atoms with Crippen molar-refractivity contribution in [2.24, 2.45) is 10.9 Å². The van der Waals surface area contributed by atoms with Crippen molar-refractivity contribution < 1.29 is 19.7 Å². The molecule has 2 aromatic carbocycles. The van der Waals surface area contributed by atoms with Gasteiger partial charge in [0.05, 0.1) is 18.2 Å². The average Bonchev–Trinajstić information content (AvgIpc) is 3.07. The van der Waals surface area contributed by atoms with Crippen LogP contribution in [0.3, 0.4) is 0 Å². The highest BCUT2D eigenvalue weighted by Crippen LogP contribution is 2.41. The van der Waals surface area contributed by atoms with E-state index in [-0.39, 0.29) is 18.6 Å². The quantitative estimate of drug-likeness (QED) is 0.483. The molecule has 6 nitrogen and oxygen atoms in total. The first kappa shape index (κ1) is 26.0. The number of ether oxygens (including phenoxy) is 2. The Balaban J connectivity index is 1.29. The summed E-state index contributed by atoms with van der Waals surface area (Å²) in [5, 5.41) is 21.0. The number of halogens is 1. The lowest BCUT2D eigenvalue weighted by atomic mass is 9.84. The second kappa shape index (κ2) is 11.8. The molecule has 0 spiro atoms. The molecule has 0 radical (unpaired) electrons. The van der Waals surface area contributed by atoms with E-state index in [1.54, 1.807) is 0 Å². The third-order valence-corrected chi connectivity index (χ3v) is 7.82. The fourth-order valence-corrected chi connectivity index (χ4v) is 5.54. The van der Waals surface area contributed by atoms with Gasteiger partial charge in [-0.15, -0.1) is 0 Å². The fourth-order valence-electron chi connectivity index (χ4n) is 5.41. The minimum Gasteiger partial charge on any atom is -0.493 e. The summed E-state index contributed by atoms with van der Waals surface area (Å²) in [5.41, 5.74) is 2.42. The Labute approximate surface area is 223 Å². The first-order chi connectivity index (χ1) is 18.1. The second-order valence-corrected chi connectivity index (χ2v) is 10.4. The lowest BCUT2D eigenvalue weighted by Gasteiger charge is -2.38. The van der Waals surface area contributed by atoms with Crippen molar-refractivity contribution in [2.75, 3.05) is 39.5 Å². The van der Waals surface area contributed by atoms with Gasteiger partial charge in [-0.2, -0.15) is 0 Å². The van der Waals surface area contributed by atoms with Gasteiger partial charge in [0, 0.05) is 55.4 Å². The zero-order valence-electron chi connectivity index (χ0n) is 21.1. The molecule has 2 N–H and O–H groups in total. The number of rotatable bonds is 8. The number of aliphatic imine (C=N–C) groups is 1. The molecule has 2 atom stereocenters. The van der Waals surface area contributed by atoms with Gasteiger partial charge in [-0.05, 0) is 66.8 Å². The van der Waals surface area contributed by atoms with Crippen LogP contribution < -0.4 is 9.47 Å². The van der Waals surface area contributed by atoms with Crippen LogP contribution in [0.4, 0.5) is 0 Å². The summed E-state index contributed by atoms with van der Waals surface area (Å²) in [7, 11) is 0. The predicted molar refractivity (Wildman–Crippen MR) is 148 cm³/mol. The lowest BCUT2D eigenvalue weighted by Crippen LogP contribution is -2.42. The Bertz CT molecular complexity index is 1150. The molecule has 3 aliphatic heterocycles. The van der Waals surface area contributed by atoms with Gasteiger partial charge in [-0.1, -0.05) is 35.9 Å². The van der Waals surface area contributed by atoms with Crippen molar-refractivity contribution in [3.05, 3.63) is 76.8 Å². The molecule has 1 saturated heterocycles. The van der Waals surface area contributed by atoms with Gasteiger partial charge in [0.15, 0.2) is 0 Å². The molecule has 0 bridgehead atoms. The highest BCUT2D eigenvalue weighted by Gasteiger charge is 2.34. The van der Waals surface area contributed by atoms with Gasteiger partial charge in [0.25, 0.3) is 0 Å². The van der Waals surface area contributed by atoms with Crippen LogP contribution in [0.15, 0.2) is 65.7 Å². The van der Waals surface area contributed by atoms with Crippen molar-refractivity contribution >= 4 is 23.4 Å². The Morgan fingerprint density at radius 1 is 1.16 bits per heavy atom. The first-order valence-corrected chi connectivity index (χ1v) is 13.6. The van der Waals surface area contributed by atoms with Crippen molar-refractivity contribution in [1.29, 1.82) is 0 Å². The topological polar surface area (TPSA) is 74.5 Å². The van der Waals surface area contributed by atoms with Crippen molar-refractivity contribution in [2.45, 2.75) is 37.3 Å². The number of benzene rings is 2. The molecule has 3 heterocycles. The van der Waals surface area contributed by atoms with Crippen LogP contribution in [0.5, 0.6) is 11.5 Å². The molecule has 196 valence electrons. The minimum absolute atomic E-state index is 0.0479. The summed E-state index contributed by atoms with van der Waals surface area (Å²) in [6.45, 7) is 3.74. The van der Waals surface area contributed by atoms with Gasteiger partial charge in [0.1, 0.15) is 18.1 Å². The van der Waals surface area contributed by atoms with Gasteiger partial charge in [-0.3, -0.25) is 4.99 Å². The average molecular weight is 523 g/mol. The fraction of sp³-hybridized carbons (Fsp3) is 0.433. The number of aliphatic hydroxyl groups is 2. The van der Waals surface area contributed by atoms with E-state index in [1.807, 2.05) is 48.7 Å². The van der Waals surface area contributed by atoms with E-state index in [9.17, 15) is 5.11 Å². The largest absolute Gasteiger partial charge is 0.493 e. The molecular formula is C30H35ClN2O4. The Hall–Kier alpha value is -2.64. The summed E-state index contributed by atoms with van der Waals surface area (Å²) >= 11 is 6.03. The third kappa shape index (κ3) is 6.10. The first-order valence-electron chi connectivity index (χ1n) is 13.2. The van der Waals surface area contributed by atoms with Crippen LogP contribution in [0.2, 0.25) is 5.02 Å². The smallest absolute Gasteiger partial charge is 0.127 e. The van der Waals surface area contributed by atoms with E-state index < -0.39 is 5.60 Å². The van der Waals surface area contributed by atoms with Crippen LogP contribution in [0, 0.1) is 5.92 Å². The summed E-state index contributed by atoms with van der Waals surface area (Å²) in [4.78, 5) is 7.12. The molecule has 2 aromatic rings. The number of nitrogens with zero attached hydrogens (tertiary/aromatic N) is 2. The van der Waals surface area contributed by atoms with Gasteiger partial charge in [0.2, 0.25) is 0 Å². The third-order valence-electron chi connectivity index (χ3n) is 7.57. The normalized spacial score (nSPS) is 23.7. The van der Waals surface area contributed by atoms with Gasteiger partial charge < -0.3 is 24.6 Å². The molecule has 2 unspecified atom stereocenters. The standard InChI is InChI=1S/C30H35ClN2O4/c31-23-8-6-22(7-9-23)30(35)12-16-33(17-13-30)15-2-5-25-26-4-1-14-32-28(26)21-37-29-11-10-24(20-27(25)29)36-19-3-18-34/h1,4-11,14,20,26,28,34-35H,2-3,12-13,15-19,21H2/b25-5+. The molecule has 3 aliphatic rings. The van der Waals surface area contributed by atoms with E-state index in [1.165, 1.54) is 5.57 Å². The lowest BCUT2D eigenvalue weighted by molar-refractivity contribution is -0.0254. The van der Waals surface area contributed by atoms with Crippen LogP contribution in [-0.2, 0) is 5.60 Å². The molecule has 0 aromatic heterocycles. The second-order valence-electron chi connectivity index (χ2n) is 10.00. The van der Waals surface area contributed by atoms with Crippen molar-refractivity contribution in [3.8, 4) is 11.5 Å². The number of hydrogen-bond donors (Lipinski definition) is 2. The summed E-state index contributed by atoms with van der Waals surface area (Å²) in [6, 6.07) is 13.6. The number of allylic oxidation sites excluding steroid dienone is 1. The molecule has 0 aliphatic carbocycles. The summed E-state index contributed by atoms with van der Waals surface area (Å²) < 4.78 is 12.0. The number of likely N-dealkylation sites (tertiary alicyclic amines) is 1. The highest BCUT2D eigenvalue weighted by molar-refractivity contribution is 6.30. The zero-order valence-corrected chi connectivity index (χ0v) is 21.8. The predicted octanol–water partition coefficient (Wildman–Crippen LogP) is 4.88. The minimum atomic E-state index is -0.790. The van der Waals surface area contributed by atoms with Crippen LogP contribution in [0.1, 0.15) is 36.8 Å². The SMILES string of the molecule is OCCCOc1ccc2c(c1)/C(=C/CCN1CCC(O)(c3ccc(Cl)cc3)CC1)C1C=CC=NC1CO2. The van der Waals surface area contributed by atoms with Gasteiger partial charge >= 0.3 is 0 Å². The van der Waals surface area contributed by atoms with E-state index >= 15 is 0 Å². The Morgan fingerprint density at radius 2 is 1.97 bits per heavy atom. The zero-order chi connectivity index (χ0) is 25.7. The summed E-state index contributed by atoms with van der Waals surface area (Å²) in [5.74, 6) is 1.78. The molecule has 7 heteroatoms. The molecule has 0 amide bonds. The molecule has 5 rings (SSSR count). The number of hydrogen-bond acceptors (Lipinski definition) is 6. The van der Waals surface area contributed by atoms with Crippen LogP contribution >= 0.6 is 11.6 Å². The maximum atomic E-state index is 11.2. The molecule has 0 saturated carbocycles. The maximum absolute atomic E-state index is 11.2. The molecule has 37 heavy (non-hydrogen) atoms. The molecule has 1 fully saturated rings. The highest BCUT2D eigenvalue weighted by atomic mass is 35.5. The maximum Gasteiger partial charge on any atom is 0.127 e. The van der Waals surface area contributed by atoms with Gasteiger partial charge in [-0.25, -0.2) is 0 Å². The van der Waals surface area contributed by atoms with E-state index in [0.717, 1.165) is 48.7 Å². The van der Waals surface area contributed by atoms with E-state index in [0.29, 0.717) is 37.5 Å².